The van der Waals surface area contributed by atoms with Crippen LogP contribution in [-0.2, 0) is 4.79 Å². The van der Waals surface area contributed by atoms with Crippen LogP contribution < -0.4 is 5.32 Å². The van der Waals surface area contributed by atoms with Crippen LogP contribution >= 0.6 is 23.4 Å². The van der Waals surface area contributed by atoms with E-state index in [1.165, 1.54) is 11.8 Å². The van der Waals surface area contributed by atoms with Crippen molar-refractivity contribution in [2.75, 3.05) is 5.32 Å². The van der Waals surface area contributed by atoms with Gasteiger partial charge in [-0.25, -0.2) is 0 Å². The van der Waals surface area contributed by atoms with Crippen LogP contribution in [0.3, 0.4) is 0 Å². The maximum Gasteiger partial charge on any atom is 0.237 e. The molecule has 19 heavy (non-hydrogen) atoms. The maximum atomic E-state index is 12.0. The van der Waals surface area contributed by atoms with Gasteiger partial charge in [-0.3, -0.25) is 9.78 Å². The Kier molecular flexibility index (Phi) is 4.82. The minimum Gasteiger partial charge on any atom is -0.325 e. The molecule has 0 aliphatic carbocycles. The van der Waals surface area contributed by atoms with Gasteiger partial charge in [-0.2, -0.15) is 0 Å². The number of benzene rings is 1. The lowest BCUT2D eigenvalue weighted by atomic mass is 10.3. The molecule has 1 N–H and O–H groups in total. The molecule has 2 rings (SSSR count). The lowest BCUT2D eigenvalue weighted by molar-refractivity contribution is -0.115. The third-order valence-corrected chi connectivity index (χ3v) is 3.81. The van der Waals surface area contributed by atoms with E-state index in [4.69, 9.17) is 11.6 Å². The lowest BCUT2D eigenvalue weighted by Gasteiger charge is -2.11. The van der Waals surface area contributed by atoms with E-state index in [1.807, 2.05) is 31.2 Å². The SMILES string of the molecule is C[C@H](Sc1ccc(Cl)cc1)C(=O)Nc1ccncc1. The number of halogens is 1. The molecule has 0 aliphatic heterocycles. The second-order valence-electron chi connectivity index (χ2n) is 3.94. The van der Waals surface area contributed by atoms with Crippen molar-refractivity contribution in [1.82, 2.24) is 4.98 Å². The normalized spacial score (nSPS) is 11.9. The van der Waals surface area contributed by atoms with E-state index in [9.17, 15) is 4.79 Å². The summed E-state index contributed by atoms with van der Waals surface area (Å²) in [6.45, 7) is 1.87. The summed E-state index contributed by atoms with van der Waals surface area (Å²) in [6, 6.07) is 11.0. The molecule has 0 saturated carbocycles. The topological polar surface area (TPSA) is 42.0 Å². The van der Waals surface area contributed by atoms with Crippen LogP contribution in [0.25, 0.3) is 0 Å². The van der Waals surface area contributed by atoms with Gasteiger partial charge in [-0.15, -0.1) is 11.8 Å². The molecule has 0 bridgehead atoms. The van der Waals surface area contributed by atoms with Gasteiger partial charge in [-0.1, -0.05) is 11.6 Å². The van der Waals surface area contributed by atoms with E-state index in [2.05, 4.69) is 10.3 Å². The summed E-state index contributed by atoms with van der Waals surface area (Å²) >= 11 is 7.32. The van der Waals surface area contributed by atoms with E-state index < -0.39 is 0 Å². The van der Waals surface area contributed by atoms with Gasteiger partial charge in [0.2, 0.25) is 5.91 Å². The minimum atomic E-state index is -0.186. The number of carbonyl (C=O) groups excluding carboxylic acids is 1. The average molecular weight is 293 g/mol. The Labute approximate surface area is 121 Å². The number of aromatic nitrogens is 1. The molecule has 2 aromatic rings. The molecule has 98 valence electrons. The minimum absolute atomic E-state index is 0.0360. The fourth-order valence-electron chi connectivity index (χ4n) is 1.45. The predicted octanol–water partition coefficient (Wildman–Crippen LogP) is 3.85. The molecule has 1 heterocycles. The monoisotopic (exact) mass is 292 g/mol. The van der Waals surface area contributed by atoms with Crippen LogP contribution in [0.5, 0.6) is 0 Å². The first-order valence-electron chi connectivity index (χ1n) is 5.78. The van der Waals surface area contributed by atoms with E-state index in [-0.39, 0.29) is 11.2 Å². The number of nitrogens with one attached hydrogen (secondary N) is 1. The maximum absolute atomic E-state index is 12.0. The number of nitrogens with zero attached hydrogens (tertiary/aromatic N) is 1. The third-order valence-electron chi connectivity index (χ3n) is 2.44. The zero-order valence-corrected chi connectivity index (χ0v) is 11.9. The van der Waals surface area contributed by atoms with Gasteiger partial charge < -0.3 is 5.32 Å². The molecule has 1 amide bonds. The van der Waals surface area contributed by atoms with Crippen molar-refractivity contribution in [1.29, 1.82) is 0 Å². The number of hydrogen-bond donors (Lipinski definition) is 1. The highest BCUT2D eigenvalue weighted by molar-refractivity contribution is 8.00. The molecule has 0 spiro atoms. The summed E-state index contributed by atoms with van der Waals surface area (Å²) in [5.74, 6) is -0.0360. The smallest absolute Gasteiger partial charge is 0.237 e. The van der Waals surface area contributed by atoms with Gasteiger partial charge in [0.25, 0.3) is 0 Å². The van der Waals surface area contributed by atoms with E-state index in [0.29, 0.717) is 5.02 Å². The summed E-state index contributed by atoms with van der Waals surface area (Å²) < 4.78 is 0. The van der Waals surface area contributed by atoms with Crippen molar-refractivity contribution in [2.24, 2.45) is 0 Å². The number of carbonyl (C=O) groups is 1. The van der Waals surface area contributed by atoms with E-state index in [1.54, 1.807) is 24.5 Å². The lowest BCUT2D eigenvalue weighted by Crippen LogP contribution is -2.22. The van der Waals surface area contributed by atoms with Crippen molar-refractivity contribution in [3.8, 4) is 0 Å². The first-order chi connectivity index (χ1) is 9.15. The number of pyridine rings is 1. The second-order valence-corrected chi connectivity index (χ2v) is 5.79. The van der Waals surface area contributed by atoms with Crippen molar-refractivity contribution >= 4 is 35.0 Å². The highest BCUT2D eigenvalue weighted by Crippen LogP contribution is 2.25. The van der Waals surface area contributed by atoms with Gasteiger partial charge >= 0.3 is 0 Å². The number of anilines is 1. The largest absolute Gasteiger partial charge is 0.325 e. The van der Waals surface area contributed by atoms with Crippen LogP contribution in [0.2, 0.25) is 5.02 Å². The van der Waals surface area contributed by atoms with Crippen LogP contribution in [-0.4, -0.2) is 16.1 Å². The average Bonchev–Trinajstić information content (AvgIpc) is 2.42. The van der Waals surface area contributed by atoms with Gasteiger partial charge in [0, 0.05) is 28.0 Å². The first kappa shape index (κ1) is 13.9. The van der Waals surface area contributed by atoms with Gasteiger partial charge in [0.15, 0.2) is 0 Å². The second kappa shape index (κ2) is 6.59. The molecule has 5 heteroatoms. The van der Waals surface area contributed by atoms with Crippen LogP contribution in [0.15, 0.2) is 53.7 Å². The van der Waals surface area contributed by atoms with Gasteiger partial charge in [0.05, 0.1) is 5.25 Å². The van der Waals surface area contributed by atoms with Crippen LogP contribution in [0, 0.1) is 0 Å². The predicted molar refractivity (Wildman–Crippen MR) is 79.6 cm³/mol. The molecule has 3 nitrogen and oxygen atoms in total. The molecule has 1 aromatic carbocycles. The standard InChI is InChI=1S/C14H13ClN2OS/c1-10(19-13-4-2-11(15)3-5-13)14(18)17-12-6-8-16-9-7-12/h2-10H,1H3,(H,16,17,18)/t10-/m0/s1. The Balaban J connectivity index is 1.94. The summed E-state index contributed by atoms with van der Waals surface area (Å²) in [7, 11) is 0. The van der Waals surface area contributed by atoms with Crippen molar-refractivity contribution < 1.29 is 4.79 Å². The molecule has 1 aromatic heterocycles. The highest BCUT2D eigenvalue weighted by Gasteiger charge is 2.14. The first-order valence-corrected chi connectivity index (χ1v) is 7.04. The molecular weight excluding hydrogens is 280 g/mol. The summed E-state index contributed by atoms with van der Waals surface area (Å²) in [6.07, 6.45) is 3.29. The van der Waals surface area contributed by atoms with E-state index >= 15 is 0 Å². The Morgan fingerprint density at radius 3 is 2.47 bits per heavy atom. The molecule has 0 radical (unpaired) electrons. The van der Waals surface area contributed by atoms with Crippen molar-refractivity contribution in [3.63, 3.8) is 0 Å². The summed E-state index contributed by atoms with van der Waals surface area (Å²) in [4.78, 5) is 16.9. The zero-order chi connectivity index (χ0) is 13.7. The van der Waals surface area contributed by atoms with Gasteiger partial charge in [-0.05, 0) is 43.3 Å². The highest BCUT2D eigenvalue weighted by atomic mass is 35.5. The number of hydrogen-bond acceptors (Lipinski definition) is 3. The molecular formula is C14H13ClN2OS. The molecule has 0 saturated heterocycles. The van der Waals surface area contributed by atoms with E-state index in [0.717, 1.165) is 10.6 Å². The Bertz CT molecular complexity index is 545. The van der Waals surface area contributed by atoms with Crippen molar-refractivity contribution in [3.05, 3.63) is 53.8 Å². The zero-order valence-electron chi connectivity index (χ0n) is 10.3. The fraction of sp³-hybridized carbons (Fsp3) is 0.143. The molecule has 0 unspecified atom stereocenters. The number of thioether (sulfide) groups is 1. The quantitative estimate of drug-likeness (QED) is 0.870. The van der Waals surface area contributed by atoms with Crippen molar-refractivity contribution in [2.45, 2.75) is 17.1 Å². The molecule has 1 atom stereocenters. The number of rotatable bonds is 4. The Morgan fingerprint density at radius 1 is 1.21 bits per heavy atom. The molecule has 0 aliphatic rings. The molecule has 0 fully saturated rings. The van der Waals surface area contributed by atoms with Crippen LogP contribution in [0.4, 0.5) is 5.69 Å². The fourth-order valence-corrected chi connectivity index (χ4v) is 2.44. The number of amides is 1. The summed E-state index contributed by atoms with van der Waals surface area (Å²) in [5.41, 5.74) is 0.753. The summed E-state index contributed by atoms with van der Waals surface area (Å²) in [5, 5.41) is 3.35. The third kappa shape index (κ3) is 4.26. The Morgan fingerprint density at radius 2 is 1.84 bits per heavy atom. The van der Waals surface area contributed by atoms with Crippen LogP contribution in [0.1, 0.15) is 6.92 Å². The van der Waals surface area contributed by atoms with Gasteiger partial charge in [0.1, 0.15) is 0 Å². The Hall–Kier alpha value is -1.52.